The third kappa shape index (κ3) is 8.07. The minimum Gasteiger partial charge on any atom is -0.478 e. The molecule has 0 aliphatic carbocycles. The van der Waals surface area contributed by atoms with Crippen molar-refractivity contribution in [2.24, 2.45) is 0 Å². The number of carbonyl (C=O) groups excluding carboxylic acids is 2. The molecule has 0 spiro atoms. The lowest BCUT2D eigenvalue weighted by Crippen LogP contribution is -2.48. The van der Waals surface area contributed by atoms with Gasteiger partial charge in [0.2, 0.25) is 5.91 Å². The predicted molar refractivity (Wildman–Crippen MR) is 157 cm³/mol. The molecule has 0 bridgehead atoms. The van der Waals surface area contributed by atoms with E-state index in [0.29, 0.717) is 24.2 Å². The number of carboxylic acids is 1. The van der Waals surface area contributed by atoms with Gasteiger partial charge in [0, 0.05) is 24.8 Å². The number of aromatic carboxylic acids is 1. The molecule has 2 amide bonds. The van der Waals surface area contributed by atoms with E-state index >= 15 is 0 Å². The van der Waals surface area contributed by atoms with Crippen LogP contribution < -0.4 is 10.6 Å². The maximum Gasteiger partial charge on any atom is 0.411 e. The summed E-state index contributed by atoms with van der Waals surface area (Å²) < 4.78 is 6.67. The monoisotopic (exact) mass is 564 g/mol. The van der Waals surface area contributed by atoms with Gasteiger partial charge in [0.15, 0.2) is 0 Å². The van der Waals surface area contributed by atoms with Gasteiger partial charge in [-0.05, 0) is 54.3 Å². The number of benzene rings is 3. The summed E-state index contributed by atoms with van der Waals surface area (Å²) >= 11 is 6.12. The Labute approximate surface area is 239 Å². The Morgan fingerprint density at radius 2 is 1.65 bits per heavy atom. The number of nitrogens with zero attached hydrogens (tertiary/aromatic N) is 1. The quantitative estimate of drug-likeness (QED) is 0.259. The fourth-order valence-corrected chi connectivity index (χ4v) is 5.01. The lowest BCUT2D eigenvalue weighted by Gasteiger charge is -2.36. The van der Waals surface area contributed by atoms with E-state index in [4.69, 9.17) is 21.4 Å². The molecule has 0 saturated carbocycles. The van der Waals surface area contributed by atoms with Crippen molar-refractivity contribution in [2.75, 3.05) is 37.8 Å². The number of nitrogens with one attached hydrogen (secondary N) is 2. The first kappa shape index (κ1) is 29.1. The van der Waals surface area contributed by atoms with Gasteiger partial charge in [0.25, 0.3) is 0 Å². The Balaban J connectivity index is 1.37. The van der Waals surface area contributed by atoms with Crippen LogP contribution in [0, 0.1) is 0 Å². The highest BCUT2D eigenvalue weighted by atomic mass is 35.5. The number of carbonyl (C=O) groups is 3. The van der Waals surface area contributed by atoms with Crippen LogP contribution in [0.1, 0.15) is 41.6 Å². The molecule has 1 aliphatic heterocycles. The first-order valence-electron chi connectivity index (χ1n) is 13.4. The number of hydrogen-bond donors (Lipinski definition) is 3. The molecule has 3 N–H and O–H groups in total. The van der Waals surface area contributed by atoms with Crippen LogP contribution in [0.2, 0.25) is 5.02 Å². The van der Waals surface area contributed by atoms with E-state index in [-0.39, 0.29) is 29.0 Å². The summed E-state index contributed by atoms with van der Waals surface area (Å²) in [4.78, 5) is 36.3. The molecule has 0 radical (unpaired) electrons. The van der Waals surface area contributed by atoms with Gasteiger partial charge in [-0.2, -0.15) is 0 Å². The van der Waals surface area contributed by atoms with E-state index in [2.05, 4.69) is 24.7 Å². The molecule has 8 nitrogen and oxygen atoms in total. The summed E-state index contributed by atoms with van der Waals surface area (Å²) in [5.41, 5.74) is 3.98. The number of piperidine rings is 1. The maximum absolute atomic E-state index is 12.8. The van der Waals surface area contributed by atoms with Crippen molar-refractivity contribution in [2.45, 2.75) is 38.2 Å². The number of rotatable bonds is 9. The van der Waals surface area contributed by atoms with E-state index < -0.39 is 12.1 Å². The van der Waals surface area contributed by atoms with Crippen LogP contribution in [0.4, 0.5) is 16.2 Å². The van der Waals surface area contributed by atoms with Crippen LogP contribution in [0.5, 0.6) is 0 Å². The van der Waals surface area contributed by atoms with Crippen LogP contribution in [0.3, 0.4) is 0 Å². The van der Waals surface area contributed by atoms with Gasteiger partial charge in [-0.1, -0.05) is 48.0 Å². The van der Waals surface area contributed by atoms with E-state index in [0.717, 1.165) is 47.1 Å². The molecule has 1 saturated heterocycles. The minimum atomic E-state index is -1.08. The van der Waals surface area contributed by atoms with Crippen molar-refractivity contribution in [1.29, 1.82) is 0 Å². The number of hydrogen-bond acceptors (Lipinski definition) is 4. The van der Waals surface area contributed by atoms with Crippen LogP contribution in [-0.2, 0) is 16.0 Å². The van der Waals surface area contributed by atoms with Crippen molar-refractivity contribution in [3.05, 3.63) is 82.9 Å². The fourth-order valence-electron chi connectivity index (χ4n) is 4.78. The van der Waals surface area contributed by atoms with Gasteiger partial charge in [0.05, 0.1) is 49.1 Å². The highest BCUT2D eigenvalue weighted by Crippen LogP contribution is 2.30. The number of halogens is 1. The highest BCUT2D eigenvalue weighted by Gasteiger charge is 2.28. The van der Waals surface area contributed by atoms with E-state index in [1.54, 1.807) is 0 Å². The fraction of sp³-hybridized carbons (Fsp3) is 0.323. The van der Waals surface area contributed by atoms with Crippen LogP contribution in [0.25, 0.3) is 11.1 Å². The lowest BCUT2D eigenvalue weighted by atomic mass is 9.98. The second kappa shape index (κ2) is 13.0. The number of anilines is 2. The van der Waals surface area contributed by atoms with Crippen molar-refractivity contribution in [1.82, 2.24) is 0 Å². The topological polar surface area (TPSA) is 105 Å². The summed E-state index contributed by atoms with van der Waals surface area (Å²) in [5.74, 6) is -1.29. The Morgan fingerprint density at radius 3 is 2.33 bits per heavy atom. The molecule has 0 unspecified atom stereocenters. The van der Waals surface area contributed by atoms with Crippen molar-refractivity contribution in [3.8, 4) is 11.1 Å². The zero-order valence-electron chi connectivity index (χ0n) is 22.8. The van der Waals surface area contributed by atoms with Gasteiger partial charge in [0.1, 0.15) is 6.10 Å². The van der Waals surface area contributed by atoms with Crippen LogP contribution in [0.15, 0.2) is 66.7 Å². The molecule has 9 heteroatoms. The minimum absolute atomic E-state index is 0.0563. The summed E-state index contributed by atoms with van der Waals surface area (Å²) in [5, 5.41) is 14.9. The van der Waals surface area contributed by atoms with Crippen molar-refractivity contribution < 1.29 is 28.7 Å². The van der Waals surface area contributed by atoms with Crippen molar-refractivity contribution in [3.63, 3.8) is 0 Å². The van der Waals surface area contributed by atoms with E-state index in [9.17, 15) is 14.4 Å². The number of carboxylic acid groups (broad SMARTS) is 1. The lowest BCUT2D eigenvalue weighted by molar-refractivity contribution is -0.896. The number of ether oxygens (including phenoxy) is 1. The number of quaternary nitrogens is 1. The molecule has 1 fully saturated rings. The third-order valence-electron chi connectivity index (χ3n) is 7.15. The molecular formula is C31H35ClN3O5+. The summed E-state index contributed by atoms with van der Waals surface area (Å²) in [7, 11) is 4.38. The summed E-state index contributed by atoms with van der Waals surface area (Å²) in [6.07, 6.45) is 2.67. The Kier molecular flexibility index (Phi) is 9.45. The first-order valence-corrected chi connectivity index (χ1v) is 13.8. The summed E-state index contributed by atoms with van der Waals surface area (Å²) in [6.45, 7) is 1.95. The van der Waals surface area contributed by atoms with Gasteiger partial charge in [-0.15, -0.1) is 0 Å². The Bertz CT molecular complexity index is 1370. The normalized spacial score (nSPS) is 14.8. The average Bonchev–Trinajstić information content (AvgIpc) is 2.92. The molecule has 0 atom stereocenters. The second-order valence-corrected chi connectivity index (χ2v) is 11.2. The molecule has 4 rings (SSSR count). The number of likely N-dealkylation sites (tertiary alicyclic amines) is 1. The molecule has 1 heterocycles. The smallest absolute Gasteiger partial charge is 0.411 e. The zero-order chi connectivity index (χ0) is 28.7. The zero-order valence-corrected chi connectivity index (χ0v) is 23.5. The summed E-state index contributed by atoms with van der Waals surface area (Å²) in [6, 6.07) is 19.9. The highest BCUT2D eigenvalue weighted by molar-refractivity contribution is 6.34. The molecule has 1 aliphatic rings. The molecule has 3 aromatic carbocycles. The van der Waals surface area contributed by atoms with E-state index in [1.807, 2.05) is 48.5 Å². The Hall–Kier alpha value is -3.88. The van der Waals surface area contributed by atoms with E-state index in [1.165, 1.54) is 18.2 Å². The molecular weight excluding hydrogens is 530 g/mol. The van der Waals surface area contributed by atoms with Crippen LogP contribution in [-0.4, -0.2) is 60.8 Å². The van der Waals surface area contributed by atoms with Gasteiger partial charge < -0.3 is 19.6 Å². The molecule has 3 aromatic rings. The molecule has 40 heavy (non-hydrogen) atoms. The van der Waals surface area contributed by atoms with Crippen molar-refractivity contribution >= 4 is 40.9 Å². The Morgan fingerprint density at radius 1 is 0.950 bits per heavy atom. The van der Waals surface area contributed by atoms with Gasteiger partial charge in [-0.3, -0.25) is 10.1 Å². The standard InChI is InChI=1S/C31H34ClN3O5/c1-35(2)17-15-24(16-18-35)40-31(39)34-27-13-11-21(19-25(27)22-8-4-3-5-9-22)7-6-10-29(36)33-28-14-12-23(30(37)38)20-26(28)32/h3-5,8-9,11-14,19-20,24H,6-7,10,15-18H2,1-2H3,(H2-,33,34,36,37,38,39)/p+1. The number of amides is 2. The van der Waals surface area contributed by atoms with Crippen LogP contribution >= 0.6 is 11.6 Å². The predicted octanol–water partition coefficient (Wildman–Crippen LogP) is 6.45. The molecule has 0 aromatic heterocycles. The second-order valence-electron chi connectivity index (χ2n) is 10.8. The molecule has 210 valence electrons. The van der Waals surface area contributed by atoms with Gasteiger partial charge in [-0.25, -0.2) is 9.59 Å². The maximum atomic E-state index is 12.8. The first-order chi connectivity index (χ1) is 19.1. The average molecular weight is 565 g/mol. The number of aryl methyl sites for hydroxylation is 1. The third-order valence-corrected chi connectivity index (χ3v) is 7.46. The SMILES string of the molecule is C[N+]1(C)CCC(OC(=O)Nc2ccc(CCCC(=O)Nc3ccc(C(=O)O)cc3Cl)cc2-c2ccccc2)CC1. The van der Waals surface area contributed by atoms with Gasteiger partial charge >= 0.3 is 12.1 Å². The largest absolute Gasteiger partial charge is 0.478 e.